The van der Waals surface area contributed by atoms with Crippen LogP contribution in [0, 0.1) is 0 Å². The molecule has 2 heterocycles. The van der Waals surface area contributed by atoms with Crippen molar-refractivity contribution in [3.8, 4) is 0 Å². The fourth-order valence-electron chi connectivity index (χ4n) is 0.936. The molecule has 0 saturated carbocycles. The number of ether oxygens (including phenoxy) is 1. The Labute approximate surface area is 71.9 Å². The first-order valence-electron chi connectivity index (χ1n) is 3.36. The standard InChI is InChI=1S/C7H6N2O2S/c10-12-7(11-5-9-12)6-2-1-3-8-4-6/h1-5,7H. The Kier molecular flexibility index (Phi) is 1.87. The molecule has 2 rings (SSSR count). The smallest absolute Gasteiger partial charge is 0.222 e. The molecule has 0 bridgehead atoms. The van der Waals surface area contributed by atoms with Crippen LogP contribution >= 0.6 is 0 Å². The molecule has 0 saturated heterocycles. The molecular weight excluding hydrogens is 176 g/mol. The van der Waals surface area contributed by atoms with E-state index in [0.29, 0.717) is 0 Å². The van der Waals surface area contributed by atoms with E-state index in [2.05, 4.69) is 9.38 Å². The summed E-state index contributed by atoms with van der Waals surface area (Å²) < 4.78 is 19.7. The quantitative estimate of drug-likeness (QED) is 0.645. The highest BCUT2D eigenvalue weighted by Crippen LogP contribution is 2.23. The fraction of sp³-hybridized carbons (Fsp3) is 0.143. The maximum Gasteiger partial charge on any atom is 0.222 e. The Morgan fingerprint density at radius 2 is 2.50 bits per heavy atom. The Hall–Kier alpha value is -1.23. The number of rotatable bonds is 1. The molecule has 62 valence electrons. The van der Waals surface area contributed by atoms with E-state index in [4.69, 9.17) is 4.74 Å². The van der Waals surface area contributed by atoms with Crippen molar-refractivity contribution in [2.75, 3.05) is 0 Å². The van der Waals surface area contributed by atoms with Gasteiger partial charge in [0.2, 0.25) is 5.44 Å². The maximum atomic E-state index is 11.1. The summed E-state index contributed by atoms with van der Waals surface area (Å²) >= 11 is 0. The lowest BCUT2D eigenvalue weighted by Crippen LogP contribution is -2.01. The zero-order valence-electron chi connectivity index (χ0n) is 6.08. The molecule has 12 heavy (non-hydrogen) atoms. The third-order valence-electron chi connectivity index (χ3n) is 1.47. The van der Waals surface area contributed by atoms with Crippen LogP contribution in [-0.4, -0.2) is 15.6 Å². The first-order valence-corrected chi connectivity index (χ1v) is 4.53. The number of pyridine rings is 1. The molecule has 2 unspecified atom stereocenters. The van der Waals surface area contributed by atoms with Gasteiger partial charge < -0.3 is 4.74 Å². The summed E-state index contributed by atoms with van der Waals surface area (Å²) in [6.07, 6.45) is 4.49. The van der Waals surface area contributed by atoms with Crippen molar-refractivity contribution in [3.05, 3.63) is 30.1 Å². The van der Waals surface area contributed by atoms with Crippen LogP contribution in [-0.2, 0) is 15.7 Å². The van der Waals surface area contributed by atoms with E-state index in [9.17, 15) is 4.21 Å². The van der Waals surface area contributed by atoms with E-state index in [-0.39, 0.29) is 0 Å². The monoisotopic (exact) mass is 182 g/mol. The number of nitrogens with zero attached hydrogens (tertiary/aromatic N) is 2. The summed E-state index contributed by atoms with van der Waals surface area (Å²) in [5, 5.41) is 0. The molecule has 1 aromatic heterocycles. The molecule has 1 aliphatic rings. The Morgan fingerprint density at radius 1 is 1.58 bits per heavy atom. The highest BCUT2D eigenvalue weighted by atomic mass is 32.2. The summed E-state index contributed by atoms with van der Waals surface area (Å²) in [7, 11) is -1.30. The van der Waals surface area contributed by atoms with Crippen molar-refractivity contribution < 1.29 is 8.95 Å². The average molecular weight is 182 g/mol. The van der Waals surface area contributed by atoms with Gasteiger partial charge in [0.15, 0.2) is 17.4 Å². The Morgan fingerprint density at radius 3 is 3.08 bits per heavy atom. The highest BCUT2D eigenvalue weighted by Gasteiger charge is 2.23. The molecule has 0 N–H and O–H groups in total. The normalized spacial score (nSPS) is 27.0. The van der Waals surface area contributed by atoms with Crippen molar-refractivity contribution in [3.63, 3.8) is 0 Å². The van der Waals surface area contributed by atoms with Crippen LogP contribution < -0.4 is 0 Å². The van der Waals surface area contributed by atoms with E-state index < -0.39 is 16.4 Å². The van der Waals surface area contributed by atoms with E-state index in [1.54, 1.807) is 18.5 Å². The summed E-state index contributed by atoms with van der Waals surface area (Å²) in [6.45, 7) is 0. The summed E-state index contributed by atoms with van der Waals surface area (Å²) in [5.74, 6) is 0. The average Bonchev–Trinajstić information content (AvgIpc) is 2.53. The molecule has 5 heteroatoms. The van der Waals surface area contributed by atoms with Gasteiger partial charge in [-0.1, -0.05) is 6.07 Å². The number of hydrogen-bond acceptors (Lipinski definition) is 3. The summed E-state index contributed by atoms with van der Waals surface area (Å²) in [5.41, 5.74) is 0.312. The second kappa shape index (κ2) is 3.02. The van der Waals surface area contributed by atoms with Crippen LogP contribution in [0.2, 0.25) is 0 Å². The second-order valence-corrected chi connectivity index (χ2v) is 3.43. The van der Waals surface area contributed by atoms with Crippen molar-refractivity contribution in [2.45, 2.75) is 5.44 Å². The van der Waals surface area contributed by atoms with E-state index in [1.807, 2.05) is 6.07 Å². The maximum absolute atomic E-state index is 11.1. The Bertz CT molecular complexity index is 325. The van der Waals surface area contributed by atoms with Gasteiger partial charge in [-0.05, 0) is 6.07 Å². The zero-order chi connectivity index (χ0) is 8.39. The van der Waals surface area contributed by atoms with Gasteiger partial charge in [0.05, 0.1) is 0 Å². The van der Waals surface area contributed by atoms with Gasteiger partial charge in [-0.15, -0.1) is 0 Å². The van der Waals surface area contributed by atoms with Crippen LogP contribution in [0.3, 0.4) is 0 Å². The van der Waals surface area contributed by atoms with Crippen LogP contribution in [0.1, 0.15) is 11.0 Å². The van der Waals surface area contributed by atoms with Gasteiger partial charge in [0, 0.05) is 18.0 Å². The third kappa shape index (κ3) is 1.23. The molecule has 0 amide bonds. The lowest BCUT2D eigenvalue weighted by molar-refractivity contribution is 0.300. The molecule has 0 spiro atoms. The number of aromatic nitrogens is 1. The van der Waals surface area contributed by atoms with Gasteiger partial charge in [0.1, 0.15) is 0 Å². The zero-order valence-corrected chi connectivity index (χ0v) is 6.90. The first-order chi connectivity index (χ1) is 5.88. The topological polar surface area (TPSA) is 51.5 Å². The van der Waals surface area contributed by atoms with Crippen LogP contribution in [0.15, 0.2) is 28.9 Å². The lowest BCUT2D eigenvalue weighted by Gasteiger charge is -2.05. The van der Waals surface area contributed by atoms with Gasteiger partial charge >= 0.3 is 0 Å². The molecule has 4 nitrogen and oxygen atoms in total. The lowest BCUT2D eigenvalue weighted by atomic mass is 10.3. The minimum absolute atomic E-state index is 0.473. The summed E-state index contributed by atoms with van der Waals surface area (Å²) in [4.78, 5) is 3.89. The summed E-state index contributed by atoms with van der Waals surface area (Å²) in [6, 6.07) is 3.58. The largest absolute Gasteiger partial charge is 0.459 e. The molecule has 2 atom stereocenters. The van der Waals surface area contributed by atoms with Crippen molar-refractivity contribution >= 4 is 17.4 Å². The molecule has 0 aromatic carbocycles. The molecule has 0 radical (unpaired) electrons. The molecule has 0 fully saturated rings. The van der Waals surface area contributed by atoms with E-state index in [0.717, 1.165) is 5.56 Å². The SMILES string of the molecule is O=S1N=COC1c1cccnc1. The molecule has 0 aliphatic carbocycles. The fourth-order valence-corrected chi connectivity index (χ4v) is 1.70. The van der Waals surface area contributed by atoms with Crippen molar-refractivity contribution in [1.82, 2.24) is 4.98 Å². The predicted octanol–water partition coefficient (Wildman–Crippen LogP) is 0.802. The Balaban J connectivity index is 2.27. The van der Waals surface area contributed by atoms with Crippen molar-refractivity contribution in [2.24, 2.45) is 4.40 Å². The van der Waals surface area contributed by atoms with Gasteiger partial charge in [-0.3, -0.25) is 4.98 Å². The molecule has 1 aromatic rings. The second-order valence-electron chi connectivity index (χ2n) is 2.24. The predicted molar refractivity (Wildman–Crippen MR) is 44.7 cm³/mol. The van der Waals surface area contributed by atoms with Gasteiger partial charge in [0.25, 0.3) is 0 Å². The molecule has 1 aliphatic heterocycles. The minimum Gasteiger partial charge on any atom is -0.459 e. The third-order valence-corrected chi connectivity index (χ3v) is 2.51. The number of hydrogen-bond donors (Lipinski definition) is 0. The van der Waals surface area contributed by atoms with E-state index in [1.165, 1.54) is 6.40 Å². The van der Waals surface area contributed by atoms with Crippen molar-refractivity contribution in [1.29, 1.82) is 0 Å². The van der Waals surface area contributed by atoms with Crippen LogP contribution in [0.4, 0.5) is 0 Å². The van der Waals surface area contributed by atoms with Crippen LogP contribution in [0.25, 0.3) is 0 Å². The van der Waals surface area contributed by atoms with Crippen LogP contribution in [0.5, 0.6) is 0 Å². The highest BCUT2D eigenvalue weighted by molar-refractivity contribution is 7.84. The van der Waals surface area contributed by atoms with Gasteiger partial charge in [-0.2, -0.15) is 4.40 Å². The van der Waals surface area contributed by atoms with E-state index >= 15 is 0 Å². The molecular formula is C7H6N2O2S. The van der Waals surface area contributed by atoms with Gasteiger partial charge in [-0.25, -0.2) is 4.21 Å². The first kappa shape index (κ1) is 7.42. The minimum atomic E-state index is -1.30.